The van der Waals surface area contributed by atoms with Gasteiger partial charge in [-0.2, -0.15) is 0 Å². The molecule has 98 valence electrons. The minimum absolute atomic E-state index is 0.0290. The molecule has 0 bridgehead atoms. The monoisotopic (exact) mass is 247 g/mol. The molecule has 0 heterocycles. The summed E-state index contributed by atoms with van der Waals surface area (Å²) in [6.07, 6.45) is 2.58. The number of carbonyl (C=O) groups is 1. The highest BCUT2D eigenvalue weighted by Gasteiger charge is 2.28. The molecular formula is C15H21NO2. The zero-order valence-corrected chi connectivity index (χ0v) is 11.1. The number of aliphatic hydroxyl groups excluding tert-OH is 1. The van der Waals surface area contributed by atoms with Crippen molar-refractivity contribution in [1.82, 2.24) is 4.90 Å². The largest absolute Gasteiger partial charge is 0.392 e. The quantitative estimate of drug-likeness (QED) is 0.887. The van der Waals surface area contributed by atoms with Crippen molar-refractivity contribution in [1.29, 1.82) is 0 Å². The molecule has 1 aromatic rings. The zero-order valence-electron chi connectivity index (χ0n) is 11.1. The van der Waals surface area contributed by atoms with Crippen LogP contribution in [0.15, 0.2) is 24.3 Å². The van der Waals surface area contributed by atoms with Gasteiger partial charge in [0.05, 0.1) is 12.0 Å². The number of hydrogen-bond donors (Lipinski definition) is 1. The predicted molar refractivity (Wildman–Crippen MR) is 71.4 cm³/mol. The van der Waals surface area contributed by atoms with Crippen molar-refractivity contribution in [3.63, 3.8) is 0 Å². The molecule has 0 fully saturated rings. The summed E-state index contributed by atoms with van der Waals surface area (Å²) in [5.74, 6) is 0.0988. The summed E-state index contributed by atoms with van der Waals surface area (Å²) in [4.78, 5) is 14.1. The molecule has 0 saturated carbocycles. The van der Waals surface area contributed by atoms with Gasteiger partial charge >= 0.3 is 0 Å². The number of carbonyl (C=O) groups excluding carboxylic acids is 1. The number of nitrogens with zero attached hydrogens (tertiary/aromatic N) is 1. The lowest BCUT2D eigenvalue weighted by Crippen LogP contribution is -2.37. The van der Waals surface area contributed by atoms with Crippen LogP contribution in [0.1, 0.15) is 36.8 Å². The van der Waals surface area contributed by atoms with Gasteiger partial charge in [-0.3, -0.25) is 4.79 Å². The smallest absolute Gasteiger partial charge is 0.229 e. The lowest BCUT2D eigenvalue weighted by molar-refractivity contribution is -0.133. The Kier molecular flexibility index (Phi) is 4.02. The average molecular weight is 247 g/mol. The molecule has 0 radical (unpaired) electrons. The Labute approximate surface area is 108 Å². The van der Waals surface area contributed by atoms with Crippen LogP contribution in [0.4, 0.5) is 0 Å². The van der Waals surface area contributed by atoms with E-state index in [-0.39, 0.29) is 11.8 Å². The van der Waals surface area contributed by atoms with Crippen LogP contribution in [0.2, 0.25) is 0 Å². The molecule has 1 aliphatic rings. The zero-order chi connectivity index (χ0) is 13.1. The maximum Gasteiger partial charge on any atom is 0.229 e. The summed E-state index contributed by atoms with van der Waals surface area (Å²) in [7, 11) is 1.77. The molecule has 2 unspecified atom stereocenters. The van der Waals surface area contributed by atoms with Gasteiger partial charge in [0.1, 0.15) is 0 Å². The second kappa shape index (κ2) is 5.53. The molecule has 2 rings (SSSR count). The van der Waals surface area contributed by atoms with Crippen molar-refractivity contribution >= 4 is 5.91 Å². The highest BCUT2D eigenvalue weighted by Crippen LogP contribution is 2.32. The third-order valence-corrected chi connectivity index (χ3v) is 3.58. The van der Waals surface area contributed by atoms with Crippen molar-refractivity contribution in [2.75, 3.05) is 13.6 Å². The predicted octanol–water partition coefficient (Wildman–Crippen LogP) is 1.95. The minimum atomic E-state index is -0.474. The van der Waals surface area contributed by atoms with Crippen LogP contribution in [0.3, 0.4) is 0 Å². The number of hydrogen-bond acceptors (Lipinski definition) is 2. The number of aliphatic hydroxyl groups is 1. The molecule has 1 aliphatic carbocycles. The Morgan fingerprint density at radius 3 is 2.94 bits per heavy atom. The lowest BCUT2D eigenvalue weighted by Gasteiger charge is -2.29. The van der Waals surface area contributed by atoms with E-state index in [1.54, 1.807) is 18.9 Å². The fraction of sp³-hybridized carbons (Fsp3) is 0.533. The number of benzene rings is 1. The topological polar surface area (TPSA) is 40.5 Å². The van der Waals surface area contributed by atoms with Crippen LogP contribution in [-0.2, 0) is 11.2 Å². The van der Waals surface area contributed by atoms with E-state index in [1.807, 2.05) is 12.1 Å². The van der Waals surface area contributed by atoms with Crippen molar-refractivity contribution in [2.24, 2.45) is 0 Å². The maximum atomic E-state index is 12.4. The van der Waals surface area contributed by atoms with E-state index in [9.17, 15) is 9.90 Å². The van der Waals surface area contributed by atoms with Crippen molar-refractivity contribution < 1.29 is 9.90 Å². The number of likely N-dealkylation sites (N-methyl/N-ethyl adjacent to an activating group) is 1. The molecule has 1 aromatic carbocycles. The van der Waals surface area contributed by atoms with Crippen molar-refractivity contribution in [2.45, 2.75) is 38.2 Å². The van der Waals surface area contributed by atoms with Crippen LogP contribution in [0.5, 0.6) is 0 Å². The summed E-state index contributed by atoms with van der Waals surface area (Å²) in [6.45, 7) is 2.11. The van der Waals surface area contributed by atoms with E-state index in [4.69, 9.17) is 0 Å². The fourth-order valence-electron chi connectivity index (χ4n) is 2.76. The normalized spacial score (nSPS) is 20.1. The summed E-state index contributed by atoms with van der Waals surface area (Å²) < 4.78 is 0. The van der Waals surface area contributed by atoms with Crippen LogP contribution in [0.25, 0.3) is 0 Å². The van der Waals surface area contributed by atoms with Gasteiger partial charge in [-0.1, -0.05) is 24.3 Å². The Morgan fingerprint density at radius 2 is 2.22 bits per heavy atom. The first kappa shape index (κ1) is 13.1. The molecule has 3 heteroatoms. The second-order valence-electron chi connectivity index (χ2n) is 5.21. The standard InChI is InChI=1S/C15H21NO2/c1-11(17)10-16(2)15(18)14-9-5-7-12-6-3-4-8-13(12)14/h3-4,6,8,11,14,17H,5,7,9-10H2,1-2H3. The highest BCUT2D eigenvalue weighted by molar-refractivity contribution is 5.84. The van der Waals surface area contributed by atoms with Gasteiger partial charge < -0.3 is 10.0 Å². The molecule has 1 N–H and O–H groups in total. The van der Waals surface area contributed by atoms with Crippen LogP contribution in [-0.4, -0.2) is 35.6 Å². The Balaban J connectivity index is 2.17. The van der Waals surface area contributed by atoms with Gasteiger partial charge in [0.2, 0.25) is 5.91 Å². The number of amides is 1. The van der Waals surface area contributed by atoms with Gasteiger partial charge in [0.15, 0.2) is 0 Å². The molecule has 18 heavy (non-hydrogen) atoms. The second-order valence-corrected chi connectivity index (χ2v) is 5.21. The van der Waals surface area contributed by atoms with Crippen molar-refractivity contribution in [3.8, 4) is 0 Å². The van der Waals surface area contributed by atoms with E-state index in [1.165, 1.54) is 11.1 Å². The van der Waals surface area contributed by atoms with E-state index in [0.29, 0.717) is 6.54 Å². The SMILES string of the molecule is CC(O)CN(C)C(=O)C1CCCc2ccccc21. The van der Waals surface area contributed by atoms with Crippen molar-refractivity contribution in [3.05, 3.63) is 35.4 Å². The first-order valence-corrected chi connectivity index (χ1v) is 6.60. The Bertz CT molecular complexity index is 428. The van der Waals surface area contributed by atoms with Gasteiger partial charge in [0.25, 0.3) is 0 Å². The summed E-state index contributed by atoms with van der Waals surface area (Å²) >= 11 is 0. The molecule has 0 saturated heterocycles. The van der Waals surface area contributed by atoms with E-state index in [0.717, 1.165) is 19.3 Å². The summed E-state index contributed by atoms with van der Waals surface area (Å²) in [5, 5.41) is 9.37. The first-order valence-electron chi connectivity index (χ1n) is 6.60. The van der Waals surface area contributed by atoms with E-state index < -0.39 is 6.10 Å². The average Bonchev–Trinajstić information content (AvgIpc) is 2.36. The van der Waals surface area contributed by atoms with Crippen LogP contribution < -0.4 is 0 Å². The minimum Gasteiger partial charge on any atom is -0.392 e. The van der Waals surface area contributed by atoms with Gasteiger partial charge in [-0.25, -0.2) is 0 Å². The molecular weight excluding hydrogens is 226 g/mol. The number of rotatable bonds is 3. The summed E-state index contributed by atoms with van der Waals surface area (Å²) in [6, 6.07) is 8.21. The van der Waals surface area contributed by atoms with Gasteiger partial charge in [-0.05, 0) is 37.3 Å². The van der Waals surface area contributed by atoms with Gasteiger partial charge in [-0.15, -0.1) is 0 Å². The first-order chi connectivity index (χ1) is 8.59. The van der Waals surface area contributed by atoms with Gasteiger partial charge in [0, 0.05) is 13.6 Å². The van der Waals surface area contributed by atoms with E-state index >= 15 is 0 Å². The van der Waals surface area contributed by atoms with Crippen LogP contribution >= 0.6 is 0 Å². The number of fused-ring (bicyclic) bond motifs is 1. The highest BCUT2D eigenvalue weighted by atomic mass is 16.3. The molecule has 1 amide bonds. The lowest BCUT2D eigenvalue weighted by atomic mass is 9.82. The molecule has 0 aliphatic heterocycles. The Morgan fingerprint density at radius 1 is 1.50 bits per heavy atom. The fourth-order valence-corrected chi connectivity index (χ4v) is 2.76. The third kappa shape index (κ3) is 2.72. The molecule has 3 nitrogen and oxygen atoms in total. The van der Waals surface area contributed by atoms with Crippen LogP contribution in [0, 0.1) is 0 Å². The molecule has 0 aromatic heterocycles. The summed E-state index contributed by atoms with van der Waals surface area (Å²) in [5.41, 5.74) is 2.47. The Hall–Kier alpha value is -1.35. The molecule has 0 spiro atoms. The third-order valence-electron chi connectivity index (χ3n) is 3.58. The number of aryl methyl sites for hydroxylation is 1. The molecule has 2 atom stereocenters. The maximum absolute atomic E-state index is 12.4. The van der Waals surface area contributed by atoms with E-state index in [2.05, 4.69) is 12.1 Å².